The lowest BCUT2D eigenvalue weighted by Crippen LogP contribution is -2.77. The van der Waals surface area contributed by atoms with Gasteiger partial charge in [0.2, 0.25) is 5.76 Å². The fourth-order valence-corrected chi connectivity index (χ4v) is 7.05. The number of hydroxylamine groups is 2. The first-order valence-corrected chi connectivity index (χ1v) is 18.6. The molecule has 0 spiro atoms. The van der Waals surface area contributed by atoms with Crippen molar-refractivity contribution >= 4 is 23.9 Å². The van der Waals surface area contributed by atoms with Gasteiger partial charge in [0, 0.05) is 58.5 Å². The number of carbonyl (C=O) groups excluding carboxylic acids is 4. The zero-order valence-corrected chi connectivity index (χ0v) is 30.4. The summed E-state index contributed by atoms with van der Waals surface area (Å²) in [4.78, 5) is 68.3. The Morgan fingerprint density at radius 3 is 1.75 bits per heavy atom. The second kappa shape index (κ2) is 16.7. The highest BCUT2D eigenvalue weighted by molar-refractivity contribution is 5.78. The van der Waals surface area contributed by atoms with Crippen molar-refractivity contribution in [2.24, 2.45) is 5.41 Å². The molecular formula is C36H60N4O8. The molecule has 4 aliphatic rings. The number of hydrogen-bond acceptors (Lipinski definition) is 12. The summed E-state index contributed by atoms with van der Waals surface area (Å²) < 4.78 is 20.1. The Labute approximate surface area is 287 Å². The molecule has 4 heterocycles. The minimum absolute atomic E-state index is 0.0484. The predicted molar refractivity (Wildman–Crippen MR) is 179 cm³/mol. The molecule has 272 valence electrons. The van der Waals surface area contributed by atoms with E-state index in [4.69, 9.17) is 19.0 Å². The van der Waals surface area contributed by atoms with Gasteiger partial charge in [-0.15, -0.1) is 5.06 Å². The van der Waals surface area contributed by atoms with E-state index in [9.17, 15) is 19.2 Å². The summed E-state index contributed by atoms with van der Waals surface area (Å²) in [6.07, 6.45) is 9.59. The van der Waals surface area contributed by atoms with Gasteiger partial charge in [0.05, 0.1) is 5.41 Å². The van der Waals surface area contributed by atoms with Crippen LogP contribution in [0.2, 0.25) is 0 Å². The first kappa shape index (κ1) is 38.0. The number of carbonyl (C=O) groups is 4. The van der Waals surface area contributed by atoms with Crippen LogP contribution in [0.4, 0.5) is 0 Å². The van der Waals surface area contributed by atoms with Crippen LogP contribution in [-0.4, -0.2) is 94.5 Å². The van der Waals surface area contributed by atoms with E-state index < -0.39 is 40.9 Å². The second-order valence-corrected chi connectivity index (χ2v) is 14.6. The van der Waals surface area contributed by atoms with E-state index in [0.29, 0.717) is 64.4 Å². The Balaban J connectivity index is 2.09. The van der Waals surface area contributed by atoms with Gasteiger partial charge < -0.3 is 23.9 Å². The Bertz CT molecular complexity index is 1170. The van der Waals surface area contributed by atoms with Gasteiger partial charge in [-0.1, -0.05) is 40.0 Å². The summed E-state index contributed by atoms with van der Waals surface area (Å²) in [6, 6.07) is 0. The summed E-state index contributed by atoms with van der Waals surface area (Å²) in [6.45, 7) is 14.4. The summed E-state index contributed by atoms with van der Waals surface area (Å²) in [5.41, 5.74) is -2.87. The van der Waals surface area contributed by atoms with Gasteiger partial charge in [0.1, 0.15) is 0 Å². The van der Waals surface area contributed by atoms with Crippen molar-refractivity contribution in [1.82, 2.24) is 19.8 Å². The van der Waals surface area contributed by atoms with Crippen LogP contribution in [0.3, 0.4) is 0 Å². The highest BCUT2D eigenvalue weighted by Crippen LogP contribution is 2.56. The summed E-state index contributed by atoms with van der Waals surface area (Å²) in [7, 11) is 0. The quantitative estimate of drug-likeness (QED) is 0.112. The Morgan fingerprint density at radius 1 is 0.646 bits per heavy atom. The van der Waals surface area contributed by atoms with Crippen LogP contribution < -0.4 is 0 Å². The molecule has 4 rings (SSSR count). The fraction of sp³-hybridized carbons (Fsp3) is 0.833. The van der Waals surface area contributed by atoms with Crippen LogP contribution in [0, 0.1) is 5.41 Å². The monoisotopic (exact) mass is 676 g/mol. The first-order chi connectivity index (χ1) is 23.0. The molecule has 2 atom stereocenters. The SMILES string of the molecule is CCCCCC(=O)OC1(N2CCCC2)N(OC(=O)CCCC)C(N2CCCC2)=C(OC(=O)C(C)(C)C)C1(OC(=O)CCC)N1CCCC1. The van der Waals surface area contributed by atoms with Crippen LogP contribution in [0.5, 0.6) is 0 Å². The lowest BCUT2D eigenvalue weighted by Gasteiger charge is -2.53. The van der Waals surface area contributed by atoms with E-state index in [2.05, 4.69) is 6.92 Å². The number of unbranched alkanes of at least 4 members (excludes halogenated alkanes) is 3. The molecule has 2 unspecified atom stereocenters. The third-order valence-electron chi connectivity index (χ3n) is 9.60. The minimum atomic E-state index is -1.98. The van der Waals surface area contributed by atoms with Gasteiger partial charge in [-0.2, -0.15) is 0 Å². The highest BCUT2D eigenvalue weighted by atomic mass is 16.8. The van der Waals surface area contributed by atoms with E-state index in [1.54, 1.807) is 20.8 Å². The van der Waals surface area contributed by atoms with Crippen molar-refractivity contribution < 1.29 is 38.2 Å². The maximum Gasteiger partial charge on any atom is 0.341 e. The third-order valence-corrected chi connectivity index (χ3v) is 9.60. The first-order valence-electron chi connectivity index (χ1n) is 18.6. The number of rotatable bonds is 16. The average molecular weight is 677 g/mol. The van der Waals surface area contributed by atoms with Crippen LogP contribution in [0.25, 0.3) is 0 Å². The molecule has 12 heteroatoms. The largest absolute Gasteiger partial charge is 0.427 e. The molecule has 3 saturated heterocycles. The van der Waals surface area contributed by atoms with Gasteiger partial charge in [0.15, 0.2) is 5.82 Å². The van der Waals surface area contributed by atoms with Gasteiger partial charge >= 0.3 is 35.5 Å². The molecule has 12 nitrogen and oxygen atoms in total. The maximum absolute atomic E-state index is 14.2. The molecule has 0 aliphatic carbocycles. The normalized spacial score (nSPS) is 25.2. The van der Waals surface area contributed by atoms with Crippen molar-refractivity contribution in [3.05, 3.63) is 11.6 Å². The number of hydrogen-bond donors (Lipinski definition) is 0. The van der Waals surface area contributed by atoms with Gasteiger partial charge in [-0.05, 0) is 78.6 Å². The Hall–Kier alpha value is -2.86. The molecule has 0 bridgehead atoms. The summed E-state index contributed by atoms with van der Waals surface area (Å²) in [5, 5.41) is 1.39. The molecule has 0 aromatic rings. The molecular weight excluding hydrogens is 616 g/mol. The standard InChI is InChI=1S/C36H60N4O8/c1-7-10-12-21-29(42)47-36(39-26-17-18-27-39)35(38-24-15-16-25-38,46-28(41)19-9-3)31(45-33(44)34(4,5)6)32(37-22-13-14-23-37)40(36)48-30(43)20-11-8-2/h7-27H2,1-6H3. The van der Waals surface area contributed by atoms with Crippen molar-refractivity contribution in [3.63, 3.8) is 0 Å². The van der Waals surface area contributed by atoms with Crippen LogP contribution >= 0.6 is 0 Å². The fourth-order valence-electron chi connectivity index (χ4n) is 7.05. The lowest BCUT2D eigenvalue weighted by molar-refractivity contribution is -0.381. The minimum Gasteiger partial charge on any atom is -0.427 e. The van der Waals surface area contributed by atoms with Crippen LogP contribution in [0.15, 0.2) is 11.6 Å². The maximum atomic E-state index is 14.2. The van der Waals surface area contributed by atoms with Gasteiger partial charge in [-0.3, -0.25) is 19.3 Å². The van der Waals surface area contributed by atoms with Gasteiger partial charge in [0.25, 0.3) is 0 Å². The summed E-state index contributed by atoms with van der Waals surface area (Å²) in [5.74, 6) is -3.67. The van der Waals surface area contributed by atoms with Gasteiger partial charge in [-0.25, -0.2) is 9.69 Å². The molecule has 3 fully saturated rings. The number of esters is 3. The zero-order valence-electron chi connectivity index (χ0n) is 30.4. The van der Waals surface area contributed by atoms with Crippen LogP contribution in [0.1, 0.15) is 138 Å². The van der Waals surface area contributed by atoms with E-state index >= 15 is 0 Å². The molecule has 0 amide bonds. The topological polar surface area (TPSA) is 118 Å². The second-order valence-electron chi connectivity index (χ2n) is 14.6. The van der Waals surface area contributed by atoms with E-state index in [1.807, 2.05) is 28.5 Å². The molecule has 0 saturated carbocycles. The van der Waals surface area contributed by atoms with Crippen molar-refractivity contribution in [2.45, 2.75) is 149 Å². The summed E-state index contributed by atoms with van der Waals surface area (Å²) >= 11 is 0. The lowest BCUT2D eigenvalue weighted by atomic mass is 9.97. The van der Waals surface area contributed by atoms with Crippen molar-refractivity contribution in [3.8, 4) is 0 Å². The molecule has 48 heavy (non-hydrogen) atoms. The van der Waals surface area contributed by atoms with E-state index in [-0.39, 0.29) is 25.0 Å². The molecule has 0 aromatic carbocycles. The molecule has 0 aromatic heterocycles. The van der Waals surface area contributed by atoms with Crippen LogP contribution in [-0.2, 0) is 38.2 Å². The molecule has 4 aliphatic heterocycles. The predicted octanol–water partition coefficient (Wildman–Crippen LogP) is 5.81. The smallest absolute Gasteiger partial charge is 0.341 e. The van der Waals surface area contributed by atoms with Crippen molar-refractivity contribution in [2.75, 3.05) is 39.3 Å². The number of nitrogens with zero attached hydrogens (tertiary/aromatic N) is 4. The average Bonchev–Trinajstić information content (AvgIpc) is 3.86. The number of likely N-dealkylation sites (tertiary alicyclic amines) is 3. The molecule has 0 radical (unpaired) electrons. The van der Waals surface area contributed by atoms with E-state index in [0.717, 1.165) is 57.8 Å². The molecule has 0 N–H and O–H groups in total. The number of ether oxygens (including phenoxy) is 3. The zero-order chi connectivity index (χ0) is 35.0. The Kier molecular flexibility index (Phi) is 13.2. The Morgan fingerprint density at radius 2 is 1.19 bits per heavy atom. The van der Waals surface area contributed by atoms with E-state index in [1.165, 1.54) is 5.06 Å². The highest BCUT2D eigenvalue weighted by Gasteiger charge is 2.79. The van der Waals surface area contributed by atoms with Crippen molar-refractivity contribution in [1.29, 1.82) is 0 Å². The third kappa shape index (κ3) is 7.79.